The number of aromatic nitrogens is 1. The molecule has 0 fully saturated rings. The zero-order valence-corrected chi connectivity index (χ0v) is 10.9. The van der Waals surface area contributed by atoms with Crippen LogP contribution in [0.25, 0.3) is 11.0 Å². The molecule has 1 N–H and O–H groups in total. The van der Waals surface area contributed by atoms with E-state index >= 15 is 0 Å². The Morgan fingerprint density at radius 2 is 1.95 bits per heavy atom. The molecule has 3 rings (SSSR count). The Labute approximate surface area is 116 Å². The van der Waals surface area contributed by atoms with Gasteiger partial charge in [-0.25, -0.2) is 0 Å². The lowest BCUT2D eigenvalue weighted by molar-refractivity contribution is 0.0928. The van der Waals surface area contributed by atoms with Gasteiger partial charge in [0.1, 0.15) is 5.58 Å². The van der Waals surface area contributed by atoms with Gasteiger partial charge in [-0.05, 0) is 36.2 Å². The fourth-order valence-electron chi connectivity index (χ4n) is 2.05. The van der Waals surface area contributed by atoms with E-state index in [1.165, 1.54) is 0 Å². The van der Waals surface area contributed by atoms with Crippen LogP contribution in [0.3, 0.4) is 0 Å². The molecule has 100 valence electrons. The van der Waals surface area contributed by atoms with Crippen molar-refractivity contribution in [3.63, 3.8) is 0 Å². The summed E-state index contributed by atoms with van der Waals surface area (Å²) in [5.74, 6) is 0.163. The number of carbonyl (C=O) groups is 1. The van der Waals surface area contributed by atoms with Crippen LogP contribution in [0.1, 0.15) is 16.1 Å². The smallest absolute Gasteiger partial charge is 0.287 e. The SMILES string of the molecule is O=C(NCCc1ccncc1)c1cc2ccccc2o1. The van der Waals surface area contributed by atoms with Crippen molar-refractivity contribution in [3.8, 4) is 0 Å². The fraction of sp³-hybridized carbons (Fsp3) is 0.125. The van der Waals surface area contributed by atoms with E-state index in [-0.39, 0.29) is 5.91 Å². The van der Waals surface area contributed by atoms with Crippen molar-refractivity contribution >= 4 is 16.9 Å². The average Bonchev–Trinajstić information content (AvgIpc) is 2.92. The number of amides is 1. The van der Waals surface area contributed by atoms with Gasteiger partial charge in [-0.3, -0.25) is 9.78 Å². The van der Waals surface area contributed by atoms with Crippen molar-refractivity contribution in [1.29, 1.82) is 0 Å². The molecule has 0 bridgehead atoms. The van der Waals surface area contributed by atoms with Gasteiger partial charge < -0.3 is 9.73 Å². The van der Waals surface area contributed by atoms with Crippen LogP contribution in [0.15, 0.2) is 59.3 Å². The van der Waals surface area contributed by atoms with Crippen molar-refractivity contribution in [2.75, 3.05) is 6.54 Å². The highest BCUT2D eigenvalue weighted by molar-refractivity contribution is 5.96. The third-order valence-corrected chi connectivity index (χ3v) is 3.10. The number of pyridine rings is 1. The van der Waals surface area contributed by atoms with E-state index in [2.05, 4.69) is 10.3 Å². The number of benzene rings is 1. The quantitative estimate of drug-likeness (QED) is 0.790. The summed E-state index contributed by atoms with van der Waals surface area (Å²) in [5.41, 5.74) is 1.87. The summed E-state index contributed by atoms with van der Waals surface area (Å²) in [6, 6.07) is 13.2. The highest BCUT2D eigenvalue weighted by atomic mass is 16.3. The molecule has 0 aliphatic rings. The molecule has 1 aromatic carbocycles. The van der Waals surface area contributed by atoms with Gasteiger partial charge in [0.2, 0.25) is 0 Å². The topological polar surface area (TPSA) is 55.1 Å². The number of hydrogen-bond donors (Lipinski definition) is 1. The van der Waals surface area contributed by atoms with Gasteiger partial charge in [-0.1, -0.05) is 18.2 Å². The van der Waals surface area contributed by atoms with Crippen LogP contribution in [-0.2, 0) is 6.42 Å². The summed E-state index contributed by atoms with van der Waals surface area (Å²) in [7, 11) is 0. The first-order valence-electron chi connectivity index (χ1n) is 6.48. The van der Waals surface area contributed by atoms with Gasteiger partial charge in [0, 0.05) is 24.3 Å². The minimum Gasteiger partial charge on any atom is -0.451 e. The molecule has 0 spiro atoms. The Balaban J connectivity index is 1.61. The van der Waals surface area contributed by atoms with Gasteiger partial charge in [0.05, 0.1) is 0 Å². The molecule has 2 aromatic heterocycles. The van der Waals surface area contributed by atoms with Crippen LogP contribution in [0.5, 0.6) is 0 Å². The lowest BCUT2D eigenvalue weighted by Crippen LogP contribution is -2.25. The lowest BCUT2D eigenvalue weighted by atomic mass is 10.2. The summed E-state index contributed by atoms with van der Waals surface area (Å²) < 4.78 is 5.51. The minimum absolute atomic E-state index is 0.185. The molecule has 20 heavy (non-hydrogen) atoms. The van der Waals surface area contributed by atoms with Crippen LogP contribution < -0.4 is 5.32 Å². The standard InChI is InChI=1S/C16H14N2O2/c19-16(18-10-7-12-5-8-17-9-6-12)15-11-13-3-1-2-4-14(13)20-15/h1-6,8-9,11H,7,10H2,(H,18,19). The maximum absolute atomic E-state index is 12.0. The maximum Gasteiger partial charge on any atom is 0.287 e. The van der Waals surface area contributed by atoms with E-state index in [0.717, 1.165) is 23.0 Å². The third kappa shape index (κ3) is 2.69. The molecule has 0 saturated heterocycles. The van der Waals surface area contributed by atoms with Crippen molar-refractivity contribution in [3.05, 3.63) is 66.2 Å². The zero-order chi connectivity index (χ0) is 13.8. The van der Waals surface area contributed by atoms with Crippen molar-refractivity contribution < 1.29 is 9.21 Å². The molecule has 2 heterocycles. The first-order chi connectivity index (χ1) is 9.83. The lowest BCUT2D eigenvalue weighted by Gasteiger charge is -2.02. The van der Waals surface area contributed by atoms with E-state index in [9.17, 15) is 4.79 Å². The minimum atomic E-state index is -0.185. The number of nitrogens with zero attached hydrogens (tertiary/aromatic N) is 1. The molecule has 1 amide bonds. The average molecular weight is 266 g/mol. The molecule has 0 saturated carbocycles. The third-order valence-electron chi connectivity index (χ3n) is 3.10. The first kappa shape index (κ1) is 12.4. The zero-order valence-electron chi connectivity index (χ0n) is 10.9. The Bertz CT molecular complexity index is 686. The van der Waals surface area contributed by atoms with Crippen molar-refractivity contribution in [2.24, 2.45) is 0 Å². The number of nitrogens with one attached hydrogen (secondary N) is 1. The Morgan fingerprint density at radius 1 is 1.15 bits per heavy atom. The molecule has 0 atom stereocenters. The fourth-order valence-corrected chi connectivity index (χ4v) is 2.05. The number of hydrogen-bond acceptors (Lipinski definition) is 3. The van der Waals surface area contributed by atoms with Crippen LogP contribution in [-0.4, -0.2) is 17.4 Å². The van der Waals surface area contributed by atoms with Gasteiger partial charge in [0.25, 0.3) is 5.91 Å². The molecule has 0 aliphatic carbocycles. The largest absolute Gasteiger partial charge is 0.451 e. The molecule has 0 radical (unpaired) electrons. The second kappa shape index (κ2) is 5.57. The van der Waals surface area contributed by atoms with Crippen LogP contribution in [0, 0.1) is 0 Å². The summed E-state index contributed by atoms with van der Waals surface area (Å²) in [6.45, 7) is 0.569. The molecule has 4 heteroatoms. The van der Waals surface area contributed by atoms with E-state index in [1.807, 2.05) is 36.4 Å². The highest BCUT2D eigenvalue weighted by Gasteiger charge is 2.11. The normalized spacial score (nSPS) is 10.6. The van der Waals surface area contributed by atoms with E-state index in [0.29, 0.717) is 12.3 Å². The molecule has 0 aliphatic heterocycles. The molecule has 0 unspecified atom stereocenters. The van der Waals surface area contributed by atoms with E-state index in [4.69, 9.17) is 4.42 Å². The number of furan rings is 1. The van der Waals surface area contributed by atoms with E-state index < -0.39 is 0 Å². The van der Waals surface area contributed by atoms with Gasteiger partial charge >= 0.3 is 0 Å². The summed E-state index contributed by atoms with van der Waals surface area (Å²) in [6.07, 6.45) is 4.27. The van der Waals surface area contributed by atoms with Crippen LogP contribution in [0.4, 0.5) is 0 Å². The Hall–Kier alpha value is -2.62. The number of rotatable bonds is 4. The van der Waals surface area contributed by atoms with Crippen molar-refractivity contribution in [1.82, 2.24) is 10.3 Å². The van der Waals surface area contributed by atoms with Crippen LogP contribution >= 0.6 is 0 Å². The monoisotopic (exact) mass is 266 g/mol. The summed E-state index contributed by atoms with van der Waals surface area (Å²) >= 11 is 0. The Morgan fingerprint density at radius 3 is 2.75 bits per heavy atom. The van der Waals surface area contributed by atoms with Gasteiger partial charge in [-0.15, -0.1) is 0 Å². The summed E-state index contributed by atoms with van der Waals surface area (Å²) in [5, 5.41) is 3.79. The van der Waals surface area contributed by atoms with E-state index in [1.54, 1.807) is 18.5 Å². The second-order valence-corrected chi connectivity index (χ2v) is 4.51. The number of para-hydroxylation sites is 1. The second-order valence-electron chi connectivity index (χ2n) is 4.51. The van der Waals surface area contributed by atoms with Crippen molar-refractivity contribution in [2.45, 2.75) is 6.42 Å². The highest BCUT2D eigenvalue weighted by Crippen LogP contribution is 2.18. The number of fused-ring (bicyclic) bond motifs is 1. The molecule has 4 nitrogen and oxygen atoms in total. The summed E-state index contributed by atoms with van der Waals surface area (Å²) in [4.78, 5) is 15.9. The number of carbonyl (C=O) groups excluding carboxylic acids is 1. The Kier molecular flexibility index (Phi) is 3.46. The molecular formula is C16H14N2O2. The molecule has 3 aromatic rings. The predicted molar refractivity (Wildman–Crippen MR) is 76.5 cm³/mol. The van der Waals surface area contributed by atoms with Crippen LogP contribution in [0.2, 0.25) is 0 Å². The maximum atomic E-state index is 12.0. The first-order valence-corrected chi connectivity index (χ1v) is 6.48. The van der Waals surface area contributed by atoms with Gasteiger partial charge in [0.15, 0.2) is 5.76 Å². The predicted octanol–water partition coefficient (Wildman–Crippen LogP) is 2.80. The molecular weight excluding hydrogens is 252 g/mol. The van der Waals surface area contributed by atoms with Gasteiger partial charge in [-0.2, -0.15) is 0 Å².